The second-order valence-electron chi connectivity index (χ2n) is 7.67. The molecule has 34 heavy (non-hydrogen) atoms. The van der Waals surface area contributed by atoms with Crippen molar-refractivity contribution in [2.75, 3.05) is 0 Å². The van der Waals surface area contributed by atoms with Crippen molar-refractivity contribution >= 4 is 36.9 Å². The molecular formula is C31H25AsO2. The summed E-state index contributed by atoms with van der Waals surface area (Å²) >= 11 is -2.77. The number of aromatic carboxylic acids is 1. The molecule has 5 aromatic carbocycles. The molecule has 5 rings (SSSR count). The molecule has 2 nitrogen and oxygen atoms in total. The molecule has 0 aliphatic heterocycles. The van der Waals surface area contributed by atoms with Gasteiger partial charge in [-0.15, -0.1) is 0 Å². The minimum atomic E-state index is -2.77. The van der Waals surface area contributed by atoms with E-state index in [-0.39, 0.29) is 5.56 Å². The first-order valence-electron chi connectivity index (χ1n) is 11.1. The maximum absolute atomic E-state index is 10.1. The molecule has 0 atom stereocenters. The number of carboxylic acids is 1. The maximum atomic E-state index is 10.1. The number of carbonyl (C=O) groups excluding carboxylic acids is 1. The monoisotopic (exact) mass is 504 g/mol. The van der Waals surface area contributed by atoms with Crippen molar-refractivity contribution in [2.24, 2.45) is 0 Å². The number of carboxylic acid groups (broad SMARTS) is 1. The Morgan fingerprint density at radius 2 is 0.647 bits per heavy atom. The zero-order chi connectivity index (χ0) is 23.6. The fourth-order valence-corrected chi connectivity index (χ4v) is 13.0. The van der Waals surface area contributed by atoms with Crippen LogP contribution in [-0.4, -0.2) is 19.5 Å². The van der Waals surface area contributed by atoms with Crippen LogP contribution in [0.2, 0.25) is 0 Å². The quantitative estimate of drug-likeness (QED) is 0.345. The van der Waals surface area contributed by atoms with Gasteiger partial charge in [-0.1, -0.05) is 30.3 Å². The van der Waals surface area contributed by atoms with E-state index < -0.39 is 19.5 Å². The Kier molecular flexibility index (Phi) is 7.75. The summed E-state index contributed by atoms with van der Waals surface area (Å²) in [5.41, 5.74) is 0.220. The molecule has 0 spiro atoms. The number of hydrogen-bond acceptors (Lipinski definition) is 2. The van der Waals surface area contributed by atoms with Gasteiger partial charge in [-0.25, -0.2) is 0 Å². The van der Waals surface area contributed by atoms with Crippen molar-refractivity contribution in [1.29, 1.82) is 0 Å². The van der Waals surface area contributed by atoms with Crippen LogP contribution in [-0.2, 0) is 0 Å². The van der Waals surface area contributed by atoms with Crippen molar-refractivity contribution in [3.05, 3.63) is 157 Å². The molecule has 0 fully saturated rings. The third kappa shape index (κ3) is 5.03. The van der Waals surface area contributed by atoms with Gasteiger partial charge in [0, 0.05) is 0 Å². The van der Waals surface area contributed by atoms with E-state index in [1.807, 2.05) is 0 Å². The van der Waals surface area contributed by atoms with Gasteiger partial charge in [-0.05, 0) is 5.56 Å². The Morgan fingerprint density at radius 1 is 0.412 bits per heavy atom. The Labute approximate surface area is 203 Å². The molecule has 0 aromatic heterocycles. The van der Waals surface area contributed by atoms with Crippen LogP contribution >= 0.6 is 0 Å². The van der Waals surface area contributed by atoms with E-state index in [0.717, 1.165) is 0 Å². The predicted octanol–water partition coefficient (Wildman–Crippen LogP) is 3.11. The van der Waals surface area contributed by atoms with Gasteiger partial charge in [0.25, 0.3) is 0 Å². The molecule has 166 valence electrons. The van der Waals surface area contributed by atoms with E-state index in [1.165, 1.54) is 29.5 Å². The average Bonchev–Trinajstić information content (AvgIpc) is 2.93. The van der Waals surface area contributed by atoms with Gasteiger partial charge in [0.05, 0.1) is 5.97 Å². The first-order valence-corrected chi connectivity index (χ1v) is 14.9. The van der Waals surface area contributed by atoms with Crippen LogP contribution in [0.25, 0.3) is 0 Å². The minimum absolute atomic E-state index is 0.220. The SMILES string of the molecule is O=C([O-])c1ccccc1.c1ccc([As+](c2ccccc2)(c2ccccc2)c2ccccc2)cc1. The fraction of sp³-hybridized carbons (Fsp3) is 0. The van der Waals surface area contributed by atoms with Crippen LogP contribution in [0.1, 0.15) is 10.4 Å². The normalized spacial score (nSPS) is 10.6. The molecule has 0 radical (unpaired) electrons. The summed E-state index contributed by atoms with van der Waals surface area (Å²) in [5, 5.41) is 10.1. The molecular weight excluding hydrogens is 479 g/mol. The topological polar surface area (TPSA) is 40.1 Å². The number of carbonyl (C=O) groups is 1. The van der Waals surface area contributed by atoms with Gasteiger partial charge in [0.2, 0.25) is 0 Å². The summed E-state index contributed by atoms with van der Waals surface area (Å²) in [4.78, 5) is 10.1. The summed E-state index contributed by atoms with van der Waals surface area (Å²) in [6, 6.07) is 52.3. The van der Waals surface area contributed by atoms with Crippen molar-refractivity contribution in [3.8, 4) is 0 Å². The predicted molar refractivity (Wildman–Crippen MR) is 141 cm³/mol. The van der Waals surface area contributed by atoms with E-state index in [9.17, 15) is 9.90 Å². The van der Waals surface area contributed by atoms with Crippen molar-refractivity contribution in [2.45, 2.75) is 0 Å². The standard InChI is InChI=1S/C24H20As.C7H6O2/c1-5-13-21(14-6-1)25(22-15-7-2-8-16-22,23-17-9-3-10-18-23)24-19-11-4-12-20-24;8-7(9)6-4-2-1-3-5-6/h1-20H;1-5H,(H,8,9)/q+1;/p-1. The molecule has 5 aromatic rings. The number of hydrogen-bond donors (Lipinski definition) is 0. The van der Waals surface area contributed by atoms with E-state index in [4.69, 9.17) is 0 Å². The molecule has 0 saturated heterocycles. The van der Waals surface area contributed by atoms with E-state index in [0.29, 0.717) is 0 Å². The summed E-state index contributed by atoms with van der Waals surface area (Å²) in [5.74, 6) is -1.13. The molecule has 0 N–H and O–H groups in total. The molecule has 0 bridgehead atoms. The van der Waals surface area contributed by atoms with Gasteiger partial charge in [0.15, 0.2) is 0 Å². The third-order valence-corrected chi connectivity index (χ3v) is 14.6. The molecule has 0 aliphatic carbocycles. The summed E-state index contributed by atoms with van der Waals surface area (Å²) < 4.78 is 5.79. The zero-order valence-corrected chi connectivity index (χ0v) is 20.6. The Bertz CT molecular complexity index is 1130. The second-order valence-corrected chi connectivity index (χ2v) is 14.8. The van der Waals surface area contributed by atoms with E-state index in [1.54, 1.807) is 18.2 Å². The summed E-state index contributed by atoms with van der Waals surface area (Å²) in [6.07, 6.45) is 0. The Hall–Kier alpha value is -3.87. The first-order chi connectivity index (χ1) is 16.7. The van der Waals surface area contributed by atoms with Gasteiger partial charge in [0.1, 0.15) is 0 Å². The Balaban J connectivity index is 0.000000257. The van der Waals surface area contributed by atoms with Crippen molar-refractivity contribution in [3.63, 3.8) is 0 Å². The Morgan fingerprint density at radius 3 is 0.853 bits per heavy atom. The number of rotatable bonds is 5. The first kappa shape index (κ1) is 23.3. The van der Waals surface area contributed by atoms with Gasteiger partial charge < -0.3 is 9.90 Å². The summed E-state index contributed by atoms with van der Waals surface area (Å²) in [7, 11) is 0. The van der Waals surface area contributed by atoms with Crippen LogP contribution < -0.4 is 22.5 Å². The van der Waals surface area contributed by atoms with Gasteiger partial charge >= 0.3 is 152 Å². The molecule has 0 amide bonds. The molecule has 0 unspecified atom stereocenters. The summed E-state index contributed by atoms with van der Waals surface area (Å²) in [6.45, 7) is 0. The fourth-order valence-electron chi connectivity index (χ4n) is 4.08. The molecule has 0 aliphatic rings. The second kappa shape index (κ2) is 11.3. The van der Waals surface area contributed by atoms with Crippen LogP contribution in [0.5, 0.6) is 0 Å². The molecule has 3 heteroatoms. The molecule has 0 heterocycles. The van der Waals surface area contributed by atoms with Crippen LogP contribution in [0.3, 0.4) is 0 Å². The van der Waals surface area contributed by atoms with Crippen LogP contribution in [0.15, 0.2) is 152 Å². The molecule has 0 saturated carbocycles. The van der Waals surface area contributed by atoms with E-state index in [2.05, 4.69) is 121 Å². The average molecular weight is 504 g/mol. The van der Waals surface area contributed by atoms with Gasteiger partial charge in [-0.2, -0.15) is 0 Å². The van der Waals surface area contributed by atoms with Crippen LogP contribution in [0, 0.1) is 0 Å². The van der Waals surface area contributed by atoms with Crippen molar-refractivity contribution in [1.82, 2.24) is 0 Å². The third-order valence-electron chi connectivity index (χ3n) is 5.58. The van der Waals surface area contributed by atoms with Gasteiger partial charge in [-0.3, -0.25) is 0 Å². The van der Waals surface area contributed by atoms with Crippen molar-refractivity contribution < 1.29 is 9.90 Å². The van der Waals surface area contributed by atoms with E-state index >= 15 is 0 Å². The number of benzene rings is 5. The zero-order valence-electron chi connectivity index (χ0n) is 18.7. The van der Waals surface area contributed by atoms with Crippen LogP contribution in [0.4, 0.5) is 0 Å².